The Morgan fingerprint density at radius 3 is 2.73 bits per heavy atom. The highest BCUT2D eigenvalue weighted by Gasteiger charge is 2.31. The van der Waals surface area contributed by atoms with E-state index in [1.807, 2.05) is 18.2 Å². The Morgan fingerprint density at radius 2 is 2.00 bits per heavy atom. The van der Waals surface area contributed by atoms with Crippen molar-refractivity contribution < 1.29 is 18.7 Å². The molecule has 1 amide bonds. The minimum Gasteiger partial charge on any atom is -0.464 e. The van der Waals surface area contributed by atoms with Crippen LogP contribution in [0.15, 0.2) is 49.7 Å². The van der Waals surface area contributed by atoms with Gasteiger partial charge < -0.3 is 24.4 Å². The first-order valence-electron chi connectivity index (χ1n) is 13.3. The number of halogens is 1. The Bertz CT molecular complexity index is 1550. The Morgan fingerprint density at radius 1 is 1.25 bits per heavy atom. The maximum absolute atomic E-state index is 12.9. The highest BCUT2D eigenvalue weighted by atomic mass is 79.9. The van der Waals surface area contributed by atoms with Gasteiger partial charge in [-0.05, 0) is 87.0 Å². The molecule has 2 N–H and O–H groups in total. The number of fused-ring (bicyclic) bond motifs is 2. The number of carbonyl (C=O) groups is 2. The Labute approximate surface area is 245 Å². The van der Waals surface area contributed by atoms with Crippen LogP contribution in [0.5, 0.6) is 0 Å². The molecule has 1 atom stereocenters. The van der Waals surface area contributed by atoms with Crippen LogP contribution in [0.4, 0.5) is 5.82 Å². The maximum atomic E-state index is 12.9. The van der Waals surface area contributed by atoms with Gasteiger partial charge in [0.2, 0.25) is 0 Å². The lowest BCUT2D eigenvalue weighted by atomic mass is 9.93. The molecule has 12 heteroatoms. The summed E-state index contributed by atoms with van der Waals surface area (Å²) in [5.41, 5.74) is 7.59. The highest BCUT2D eigenvalue weighted by Crippen LogP contribution is 2.38. The topological polar surface area (TPSA) is 129 Å². The van der Waals surface area contributed by atoms with E-state index in [0.29, 0.717) is 42.5 Å². The summed E-state index contributed by atoms with van der Waals surface area (Å²) in [6.07, 6.45) is 5.00. The third-order valence-corrected chi connectivity index (χ3v) is 9.14. The zero-order chi connectivity index (χ0) is 28.6. The van der Waals surface area contributed by atoms with Crippen molar-refractivity contribution in [2.75, 3.05) is 18.8 Å². The van der Waals surface area contributed by atoms with E-state index in [-0.39, 0.29) is 11.9 Å². The molecule has 212 valence electrons. The van der Waals surface area contributed by atoms with Crippen LogP contribution in [-0.2, 0) is 20.9 Å². The average Bonchev–Trinajstić information content (AvgIpc) is 3.51. The van der Waals surface area contributed by atoms with Crippen molar-refractivity contribution in [3.63, 3.8) is 0 Å². The summed E-state index contributed by atoms with van der Waals surface area (Å²) in [7, 11) is 0. The maximum Gasteiger partial charge on any atom is 0.311 e. The number of carbonyl (C=O) groups excluding carboxylic acids is 2. The molecular formula is C28H33BrN6O4S. The first-order chi connectivity index (χ1) is 19.0. The molecule has 5 rings (SSSR count). The number of ether oxygens (including phenoxy) is 1. The second-order valence-corrected chi connectivity index (χ2v) is 13.0. The number of imidazole rings is 1. The molecule has 4 aromatic rings. The highest BCUT2D eigenvalue weighted by molar-refractivity contribution is 9.10. The van der Waals surface area contributed by atoms with Crippen molar-refractivity contribution in [1.82, 2.24) is 24.4 Å². The zero-order valence-corrected chi connectivity index (χ0v) is 25.4. The number of nitrogens with zero attached hydrogens (tertiary/aromatic N) is 5. The third-order valence-electron chi connectivity index (χ3n) is 7.16. The van der Waals surface area contributed by atoms with Crippen LogP contribution >= 0.6 is 27.7 Å². The van der Waals surface area contributed by atoms with Crippen LogP contribution in [0, 0.1) is 11.3 Å². The summed E-state index contributed by atoms with van der Waals surface area (Å²) in [6.45, 7) is 8.97. The Hall–Kier alpha value is -3.12. The predicted molar refractivity (Wildman–Crippen MR) is 157 cm³/mol. The number of esters is 1. The van der Waals surface area contributed by atoms with Gasteiger partial charge in [0.25, 0.3) is 5.91 Å². The fourth-order valence-electron chi connectivity index (χ4n) is 4.75. The van der Waals surface area contributed by atoms with E-state index in [1.165, 1.54) is 18.1 Å². The number of nitrogens with two attached hydrogens (primary N) is 1. The lowest BCUT2D eigenvalue weighted by Gasteiger charge is -2.34. The largest absolute Gasteiger partial charge is 0.464 e. The summed E-state index contributed by atoms with van der Waals surface area (Å²) in [5.74, 6) is 0.267. The lowest BCUT2D eigenvalue weighted by Crippen LogP contribution is -2.45. The average molecular weight is 630 g/mol. The lowest BCUT2D eigenvalue weighted by molar-refractivity contribution is -0.166. The van der Waals surface area contributed by atoms with E-state index in [9.17, 15) is 9.59 Å². The van der Waals surface area contributed by atoms with Crippen LogP contribution in [0.25, 0.3) is 22.1 Å². The van der Waals surface area contributed by atoms with Crippen LogP contribution in [-0.4, -0.2) is 55.5 Å². The van der Waals surface area contributed by atoms with E-state index in [2.05, 4.69) is 30.5 Å². The van der Waals surface area contributed by atoms with E-state index < -0.39 is 11.5 Å². The van der Waals surface area contributed by atoms with Gasteiger partial charge in [0.1, 0.15) is 11.9 Å². The number of rotatable bonds is 7. The number of aryl methyl sites for hydroxylation is 1. The molecule has 0 radical (unpaired) electrons. The van der Waals surface area contributed by atoms with Crippen molar-refractivity contribution in [1.29, 1.82) is 0 Å². The standard InChI is InChI=1S/C28H33BrN6O4S/c1-16(39-26(37)28(2,3)4)25(36)34-9-5-17(6-10-34)7-11-35-24-22(23(30)31-15-32-24)33-27(35)40-21-14-20-18(8-12-38-20)13-19(21)29/h8,12-17H,5-7,9-11H2,1-4H3,(H2,30,31,32). The van der Waals surface area contributed by atoms with Crippen molar-refractivity contribution in [3.8, 4) is 0 Å². The van der Waals surface area contributed by atoms with E-state index in [1.54, 1.807) is 38.9 Å². The summed E-state index contributed by atoms with van der Waals surface area (Å²) >= 11 is 5.20. The number of amides is 1. The molecule has 4 heterocycles. The monoisotopic (exact) mass is 628 g/mol. The fourth-order valence-corrected chi connectivity index (χ4v) is 6.30. The van der Waals surface area contributed by atoms with E-state index in [4.69, 9.17) is 19.9 Å². The second-order valence-electron chi connectivity index (χ2n) is 11.2. The van der Waals surface area contributed by atoms with Gasteiger partial charge >= 0.3 is 5.97 Å². The molecule has 1 aliphatic rings. The molecule has 1 saturated heterocycles. The third kappa shape index (κ3) is 5.97. The van der Waals surface area contributed by atoms with Gasteiger partial charge in [0.15, 0.2) is 28.2 Å². The number of hydrogen-bond donors (Lipinski definition) is 1. The summed E-state index contributed by atoms with van der Waals surface area (Å²) in [6, 6.07) is 5.95. The van der Waals surface area contributed by atoms with Crippen molar-refractivity contribution in [2.24, 2.45) is 11.3 Å². The van der Waals surface area contributed by atoms with Crippen LogP contribution in [0.3, 0.4) is 0 Å². The molecule has 40 heavy (non-hydrogen) atoms. The van der Waals surface area contributed by atoms with Gasteiger partial charge in [-0.25, -0.2) is 15.0 Å². The molecule has 10 nitrogen and oxygen atoms in total. The molecular weight excluding hydrogens is 596 g/mol. The number of hydrogen-bond acceptors (Lipinski definition) is 9. The van der Waals surface area contributed by atoms with E-state index in [0.717, 1.165) is 44.8 Å². The first kappa shape index (κ1) is 28.4. The molecule has 0 saturated carbocycles. The van der Waals surface area contributed by atoms with Gasteiger partial charge in [-0.15, -0.1) is 0 Å². The van der Waals surface area contributed by atoms with Crippen molar-refractivity contribution in [2.45, 2.75) is 69.7 Å². The smallest absolute Gasteiger partial charge is 0.311 e. The molecule has 1 aliphatic heterocycles. The number of nitrogen functional groups attached to an aromatic ring is 1. The van der Waals surface area contributed by atoms with Crippen molar-refractivity contribution >= 4 is 67.5 Å². The number of likely N-dealkylation sites (tertiary alicyclic amines) is 1. The Kier molecular flexibility index (Phi) is 8.10. The number of aromatic nitrogens is 4. The summed E-state index contributed by atoms with van der Waals surface area (Å²) in [5, 5.41) is 1.79. The molecule has 1 fully saturated rings. The second kappa shape index (κ2) is 11.4. The normalized spacial score (nSPS) is 15.6. The molecule has 0 aliphatic carbocycles. The number of piperidine rings is 1. The van der Waals surface area contributed by atoms with Crippen molar-refractivity contribution in [3.05, 3.63) is 35.3 Å². The van der Waals surface area contributed by atoms with Crippen LogP contribution < -0.4 is 5.73 Å². The van der Waals surface area contributed by atoms with Gasteiger partial charge in [-0.2, -0.15) is 0 Å². The summed E-state index contributed by atoms with van der Waals surface area (Å²) < 4.78 is 14.1. The Balaban J connectivity index is 1.26. The first-order valence-corrected chi connectivity index (χ1v) is 14.9. The number of benzene rings is 1. The minimum absolute atomic E-state index is 0.137. The van der Waals surface area contributed by atoms with E-state index >= 15 is 0 Å². The quantitative estimate of drug-likeness (QED) is 0.257. The molecule has 0 bridgehead atoms. The van der Waals surface area contributed by atoms with Gasteiger partial charge in [0.05, 0.1) is 11.7 Å². The number of furan rings is 1. The summed E-state index contributed by atoms with van der Waals surface area (Å²) in [4.78, 5) is 41.3. The fraction of sp³-hybridized carbons (Fsp3) is 0.464. The zero-order valence-electron chi connectivity index (χ0n) is 23.0. The molecule has 1 aromatic carbocycles. The minimum atomic E-state index is -0.787. The van der Waals surface area contributed by atoms with Crippen LogP contribution in [0.2, 0.25) is 0 Å². The van der Waals surface area contributed by atoms with Gasteiger partial charge in [-0.3, -0.25) is 9.59 Å². The molecule has 1 unspecified atom stereocenters. The molecule has 3 aromatic heterocycles. The van der Waals surface area contributed by atoms with Gasteiger partial charge in [-0.1, -0.05) is 11.8 Å². The van der Waals surface area contributed by atoms with Gasteiger partial charge in [0, 0.05) is 34.4 Å². The molecule has 0 spiro atoms. The van der Waals surface area contributed by atoms with Crippen LogP contribution in [0.1, 0.15) is 47.0 Å². The predicted octanol–water partition coefficient (Wildman–Crippen LogP) is 5.67. The SMILES string of the molecule is CC(OC(=O)C(C)(C)C)C(=O)N1CCC(CCn2c(Sc3cc4occc4cc3Br)nc3c(N)ncnc32)CC1. The number of anilines is 1.